The number of furan rings is 1. The minimum atomic E-state index is -0.114. The summed E-state index contributed by atoms with van der Waals surface area (Å²) in [6.07, 6.45) is 0. The van der Waals surface area contributed by atoms with Crippen LogP contribution in [0.3, 0.4) is 0 Å². The Balaban J connectivity index is 1.52. The van der Waals surface area contributed by atoms with E-state index in [9.17, 15) is 9.59 Å². The van der Waals surface area contributed by atoms with Crippen LogP contribution in [0.15, 0.2) is 33.4 Å². The van der Waals surface area contributed by atoms with Crippen LogP contribution in [0.25, 0.3) is 0 Å². The number of nitrogens with one attached hydrogen (secondary N) is 1. The molecule has 8 heteroatoms. The molecule has 2 aromatic heterocycles. The predicted octanol–water partition coefficient (Wildman–Crippen LogP) is 3.20. The number of urea groups is 1. The van der Waals surface area contributed by atoms with Gasteiger partial charge in [0.1, 0.15) is 5.76 Å². The van der Waals surface area contributed by atoms with E-state index in [4.69, 9.17) is 4.42 Å². The van der Waals surface area contributed by atoms with Crippen molar-refractivity contribution in [1.82, 2.24) is 20.0 Å². The lowest BCUT2D eigenvalue weighted by Gasteiger charge is -2.35. The average molecular weight is 419 g/mol. The number of thiophene rings is 1. The lowest BCUT2D eigenvalue weighted by molar-refractivity contribution is 0.0631. The van der Waals surface area contributed by atoms with Gasteiger partial charge < -0.3 is 19.5 Å². The van der Waals surface area contributed by atoms with E-state index in [1.54, 1.807) is 33.3 Å². The maximum Gasteiger partial charge on any atom is 0.317 e. The normalized spacial score (nSPS) is 15.6. The summed E-state index contributed by atoms with van der Waals surface area (Å²) in [6, 6.07) is 5.72. The van der Waals surface area contributed by atoms with Gasteiger partial charge >= 0.3 is 6.03 Å². The molecule has 2 aromatic rings. The van der Waals surface area contributed by atoms with Crippen LogP contribution in [-0.4, -0.2) is 72.5 Å². The smallest absolute Gasteiger partial charge is 0.317 e. The zero-order valence-corrected chi connectivity index (χ0v) is 18.2. The summed E-state index contributed by atoms with van der Waals surface area (Å²) in [6.45, 7) is 10.6. The van der Waals surface area contributed by atoms with Crippen molar-refractivity contribution < 1.29 is 14.0 Å². The van der Waals surface area contributed by atoms with E-state index in [0.29, 0.717) is 38.5 Å². The number of aryl methyl sites for hydroxylation is 1. The van der Waals surface area contributed by atoms with Crippen molar-refractivity contribution in [2.75, 3.05) is 45.8 Å². The van der Waals surface area contributed by atoms with Crippen molar-refractivity contribution in [3.8, 4) is 0 Å². The molecule has 1 atom stereocenters. The van der Waals surface area contributed by atoms with Gasteiger partial charge in [0.2, 0.25) is 0 Å². The van der Waals surface area contributed by atoms with E-state index in [-0.39, 0.29) is 18.0 Å². The fraction of sp³-hybridized carbons (Fsp3) is 0.524. The van der Waals surface area contributed by atoms with Crippen molar-refractivity contribution in [3.63, 3.8) is 0 Å². The minimum absolute atomic E-state index is 0.0710. The number of amides is 3. The standard InChI is InChI=1S/C21H30N4O3S/c1-4-23(5-2)18(17-8-13-29-15-17)14-22-21(27)25-11-9-24(10-12-25)20(26)19-7-6-16(3)28-19/h6-8,13,15,18H,4-5,9-12,14H2,1-3H3,(H,22,27). The summed E-state index contributed by atoms with van der Waals surface area (Å²) >= 11 is 1.68. The lowest BCUT2D eigenvalue weighted by Crippen LogP contribution is -2.54. The largest absolute Gasteiger partial charge is 0.456 e. The van der Waals surface area contributed by atoms with Gasteiger partial charge in [-0.25, -0.2) is 4.79 Å². The lowest BCUT2D eigenvalue weighted by atomic mass is 10.1. The molecule has 1 aliphatic rings. The van der Waals surface area contributed by atoms with Gasteiger partial charge in [0, 0.05) is 32.7 Å². The van der Waals surface area contributed by atoms with Gasteiger partial charge in [0.25, 0.3) is 5.91 Å². The molecular weight excluding hydrogens is 388 g/mol. The average Bonchev–Trinajstić information content (AvgIpc) is 3.42. The third-order valence-corrected chi connectivity index (χ3v) is 6.13. The van der Waals surface area contributed by atoms with Gasteiger partial charge in [-0.05, 0) is 54.5 Å². The van der Waals surface area contributed by atoms with Crippen molar-refractivity contribution in [3.05, 3.63) is 46.0 Å². The first-order valence-corrected chi connectivity index (χ1v) is 11.1. The van der Waals surface area contributed by atoms with Crippen LogP contribution in [0.4, 0.5) is 4.79 Å². The summed E-state index contributed by atoms with van der Waals surface area (Å²) in [4.78, 5) is 31.1. The number of piperazine rings is 1. The summed E-state index contributed by atoms with van der Waals surface area (Å²) in [5.74, 6) is 0.968. The molecule has 0 saturated carbocycles. The van der Waals surface area contributed by atoms with Crippen LogP contribution in [-0.2, 0) is 0 Å². The molecule has 1 N–H and O–H groups in total. The van der Waals surface area contributed by atoms with Crippen molar-refractivity contribution in [2.45, 2.75) is 26.8 Å². The number of carbonyl (C=O) groups is 2. The Kier molecular flexibility index (Phi) is 7.33. The molecule has 3 rings (SSSR count). The summed E-state index contributed by atoms with van der Waals surface area (Å²) in [7, 11) is 0. The monoisotopic (exact) mass is 418 g/mol. The summed E-state index contributed by atoms with van der Waals surface area (Å²) in [5.41, 5.74) is 1.24. The topological polar surface area (TPSA) is 69.0 Å². The zero-order chi connectivity index (χ0) is 20.8. The zero-order valence-electron chi connectivity index (χ0n) is 17.4. The molecule has 7 nitrogen and oxygen atoms in total. The maximum atomic E-state index is 12.7. The molecule has 29 heavy (non-hydrogen) atoms. The molecular formula is C21H30N4O3S. The van der Waals surface area contributed by atoms with Crippen molar-refractivity contribution in [1.29, 1.82) is 0 Å². The van der Waals surface area contributed by atoms with E-state index >= 15 is 0 Å². The van der Waals surface area contributed by atoms with E-state index < -0.39 is 0 Å². The Morgan fingerprint density at radius 3 is 2.38 bits per heavy atom. The second kappa shape index (κ2) is 9.93. The van der Waals surface area contributed by atoms with E-state index in [2.05, 4.69) is 40.9 Å². The van der Waals surface area contributed by atoms with Gasteiger partial charge in [0.05, 0.1) is 6.04 Å². The molecule has 1 unspecified atom stereocenters. The number of likely N-dealkylation sites (N-methyl/N-ethyl adjacent to an activating group) is 1. The summed E-state index contributed by atoms with van der Waals surface area (Å²) < 4.78 is 5.43. The first-order chi connectivity index (χ1) is 14.0. The highest BCUT2D eigenvalue weighted by atomic mass is 32.1. The molecule has 0 radical (unpaired) electrons. The van der Waals surface area contributed by atoms with Crippen LogP contribution >= 0.6 is 11.3 Å². The third-order valence-electron chi connectivity index (χ3n) is 5.43. The SMILES string of the molecule is CCN(CC)C(CNC(=O)N1CCN(C(=O)c2ccc(C)o2)CC1)c1ccsc1. The Bertz CT molecular complexity index is 793. The third kappa shape index (κ3) is 5.19. The predicted molar refractivity (Wildman–Crippen MR) is 114 cm³/mol. The van der Waals surface area contributed by atoms with Gasteiger partial charge in [0.15, 0.2) is 5.76 Å². The van der Waals surface area contributed by atoms with Gasteiger partial charge in [-0.3, -0.25) is 9.69 Å². The Hall–Kier alpha value is -2.32. The first kappa shape index (κ1) is 21.4. The summed E-state index contributed by atoms with van der Waals surface area (Å²) in [5, 5.41) is 7.32. The molecule has 1 fully saturated rings. The fourth-order valence-corrected chi connectivity index (χ4v) is 4.41. The molecule has 3 amide bonds. The van der Waals surface area contributed by atoms with Crippen molar-refractivity contribution >= 4 is 23.3 Å². The molecule has 0 aliphatic carbocycles. The Morgan fingerprint density at radius 2 is 1.83 bits per heavy atom. The molecule has 3 heterocycles. The number of hydrogen-bond acceptors (Lipinski definition) is 5. The highest BCUT2D eigenvalue weighted by molar-refractivity contribution is 7.07. The van der Waals surface area contributed by atoms with E-state index in [1.165, 1.54) is 5.56 Å². The Morgan fingerprint density at radius 1 is 1.14 bits per heavy atom. The highest BCUT2D eigenvalue weighted by Crippen LogP contribution is 2.22. The second-order valence-electron chi connectivity index (χ2n) is 7.17. The number of rotatable bonds is 7. The quantitative estimate of drug-likeness (QED) is 0.750. The molecule has 0 bridgehead atoms. The van der Waals surface area contributed by atoms with Gasteiger partial charge in [-0.15, -0.1) is 0 Å². The molecule has 0 aromatic carbocycles. The molecule has 158 valence electrons. The highest BCUT2D eigenvalue weighted by Gasteiger charge is 2.27. The van der Waals surface area contributed by atoms with Crippen molar-refractivity contribution in [2.24, 2.45) is 0 Å². The van der Waals surface area contributed by atoms with Crippen LogP contribution < -0.4 is 5.32 Å². The van der Waals surface area contributed by atoms with Crippen LogP contribution in [0, 0.1) is 6.92 Å². The van der Waals surface area contributed by atoms with Gasteiger partial charge in [-0.1, -0.05) is 13.8 Å². The van der Waals surface area contributed by atoms with Crippen LogP contribution in [0.1, 0.15) is 41.8 Å². The van der Waals surface area contributed by atoms with E-state index in [1.807, 2.05) is 6.92 Å². The van der Waals surface area contributed by atoms with E-state index in [0.717, 1.165) is 18.8 Å². The first-order valence-electron chi connectivity index (χ1n) is 10.2. The molecule has 1 saturated heterocycles. The Labute approximate surface area is 176 Å². The number of nitrogens with zero attached hydrogens (tertiary/aromatic N) is 3. The molecule has 0 spiro atoms. The maximum absolute atomic E-state index is 12.7. The van der Waals surface area contributed by atoms with Crippen LogP contribution in [0.2, 0.25) is 0 Å². The van der Waals surface area contributed by atoms with Gasteiger partial charge in [-0.2, -0.15) is 11.3 Å². The number of carbonyl (C=O) groups excluding carboxylic acids is 2. The van der Waals surface area contributed by atoms with Crippen LogP contribution in [0.5, 0.6) is 0 Å². The second-order valence-corrected chi connectivity index (χ2v) is 7.95. The minimum Gasteiger partial charge on any atom is -0.456 e. The number of hydrogen-bond donors (Lipinski definition) is 1. The fourth-order valence-electron chi connectivity index (χ4n) is 3.70. The molecule has 1 aliphatic heterocycles.